The quantitative estimate of drug-likeness (QED) is 0.151. The molecule has 2 saturated carbocycles. The monoisotopic (exact) mass is 611 g/mol. The summed E-state index contributed by atoms with van der Waals surface area (Å²) in [5.41, 5.74) is 13.7. The van der Waals surface area contributed by atoms with Gasteiger partial charge in [-0.15, -0.1) is 0 Å². The van der Waals surface area contributed by atoms with Crippen LogP contribution in [0.15, 0.2) is 48.9 Å². The van der Waals surface area contributed by atoms with E-state index >= 15 is 0 Å². The number of pyridine rings is 2. The first kappa shape index (κ1) is 30.2. The molecule has 238 valence electrons. The molecule has 0 spiro atoms. The largest absolute Gasteiger partial charge is 0.384 e. The van der Waals surface area contributed by atoms with Gasteiger partial charge in [0.05, 0.1) is 11.6 Å². The summed E-state index contributed by atoms with van der Waals surface area (Å²) in [6, 6.07) is 9.83. The minimum absolute atomic E-state index is 0.0276. The number of fused-ring (bicyclic) bond motifs is 2. The topological polar surface area (TPSA) is 106 Å². The number of halogens is 1. The average Bonchev–Trinajstić information content (AvgIpc) is 3.80. The number of aromatic nitrogens is 4. The molecule has 3 aliphatic rings. The number of nitrogens with zero attached hydrogens (tertiary/aromatic N) is 4. The standard InChI is InChI=1S/C35H46FN9/c1-45(2)12-11-39-28-15-25(14-27(36)17-28)29-9-10-40-34-32(29)41-35(42-34)33-30-16-24(7-8-31(30)43-44-33)26-13-23(20-38-21-26)19-37-18-22-5-3-4-6-22/h9-10,13-15,17,20-22,24,30-31,33,37,39,43-44H,3-8,11-12,16,18-19H2,1-2H3,(H,40,41,42). The third-order valence-corrected chi connectivity index (χ3v) is 10.1. The summed E-state index contributed by atoms with van der Waals surface area (Å²) in [4.78, 5) is 19.9. The van der Waals surface area contributed by atoms with E-state index in [0.717, 1.165) is 79.5 Å². The molecule has 0 radical (unpaired) electrons. The van der Waals surface area contributed by atoms with Crippen LogP contribution in [0.2, 0.25) is 0 Å². The summed E-state index contributed by atoms with van der Waals surface area (Å²) in [5, 5.41) is 7.03. The van der Waals surface area contributed by atoms with Crippen LogP contribution in [0.4, 0.5) is 10.1 Å². The van der Waals surface area contributed by atoms with Crippen LogP contribution in [0, 0.1) is 17.7 Å². The molecule has 3 aromatic heterocycles. The Bertz CT molecular complexity index is 1600. The normalized spacial score (nSPS) is 23.6. The van der Waals surface area contributed by atoms with E-state index in [-0.39, 0.29) is 11.9 Å². The van der Waals surface area contributed by atoms with Crippen LogP contribution >= 0.6 is 0 Å². The Kier molecular flexibility index (Phi) is 9.07. The second-order valence-electron chi connectivity index (χ2n) is 13.6. The number of hydrogen-bond acceptors (Lipinski definition) is 8. The van der Waals surface area contributed by atoms with Gasteiger partial charge < -0.3 is 20.5 Å². The van der Waals surface area contributed by atoms with Crippen LogP contribution in [0.5, 0.6) is 0 Å². The fourth-order valence-corrected chi connectivity index (χ4v) is 7.68. The lowest BCUT2D eigenvalue weighted by atomic mass is 9.73. The number of H-pyrrole nitrogens is 1. The Hall–Kier alpha value is -3.44. The van der Waals surface area contributed by atoms with E-state index in [4.69, 9.17) is 4.98 Å². The highest BCUT2D eigenvalue weighted by molar-refractivity contribution is 5.90. The first-order valence-electron chi connectivity index (χ1n) is 16.7. The number of imidazole rings is 1. The highest BCUT2D eigenvalue weighted by Crippen LogP contribution is 2.44. The van der Waals surface area contributed by atoms with Gasteiger partial charge in [-0.05, 0) is 111 Å². The molecule has 4 unspecified atom stereocenters. The lowest BCUT2D eigenvalue weighted by Gasteiger charge is -2.33. The SMILES string of the molecule is CN(C)CCNc1cc(F)cc(-c2ccnc3nc(C4NNC5CCC(c6cncc(CNCC7CCCC7)c6)CC54)[nH]c23)c1. The summed E-state index contributed by atoms with van der Waals surface area (Å²) >= 11 is 0. The Balaban J connectivity index is 1.07. The van der Waals surface area contributed by atoms with E-state index in [1.165, 1.54) is 36.8 Å². The number of aromatic amines is 1. The number of benzene rings is 1. The summed E-state index contributed by atoms with van der Waals surface area (Å²) in [6.07, 6.45) is 14.6. The Morgan fingerprint density at radius 2 is 1.91 bits per heavy atom. The van der Waals surface area contributed by atoms with Crippen LogP contribution in [0.25, 0.3) is 22.3 Å². The summed E-state index contributed by atoms with van der Waals surface area (Å²) in [5.74, 6) is 2.27. The second kappa shape index (κ2) is 13.5. The molecule has 10 heteroatoms. The first-order valence-corrected chi connectivity index (χ1v) is 16.7. The predicted molar refractivity (Wildman–Crippen MR) is 177 cm³/mol. The minimum atomic E-state index is -0.273. The molecular formula is C35H46FN9. The van der Waals surface area contributed by atoms with Gasteiger partial charge in [-0.3, -0.25) is 10.4 Å². The molecule has 0 amide bonds. The van der Waals surface area contributed by atoms with Gasteiger partial charge in [-0.1, -0.05) is 18.9 Å². The maximum Gasteiger partial charge on any atom is 0.178 e. The molecule has 1 aliphatic heterocycles. The van der Waals surface area contributed by atoms with Crippen LogP contribution in [0.1, 0.15) is 73.9 Å². The molecule has 5 N–H and O–H groups in total. The van der Waals surface area contributed by atoms with Crippen LogP contribution < -0.4 is 21.5 Å². The van der Waals surface area contributed by atoms with Gasteiger partial charge >= 0.3 is 0 Å². The third kappa shape index (κ3) is 6.89. The van der Waals surface area contributed by atoms with Gasteiger partial charge in [0.25, 0.3) is 0 Å². The molecule has 1 saturated heterocycles. The van der Waals surface area contributed by atoms with Crippen molar-refractivity contribution in [3.63, 3.8) is 0 Å². The average molecular weight is 612 g/mol. The number of anilines is 1. The van der Waals surface area contributed by atoms with Crippen molar-refractivity contribution in [3.05, 3.63) is 71.7 Å². The molecule has 9 nitrogen and oxygen atoms in total. The second-order valence-corrected chi connectivity index (χ2v) is 13.6. The molecule has 1 aromatic carbocycles. The molecule has 3 fully saturated rings. The van der Waals surface area contributed by atoms with Crippen LogP contribution in [-0.2, 0) is 6.54 Å². The predicted octanol–water partition coefficient (Wildman–Crippen LogP) is 5.51. The van der Waals surface area contributed by atoms with Crippen molar-refractivity contribution < 1.29 is 4.39 Å². The van der Waals surface area contributed by atoms with Crippen molar-refractivity contribution >= 4 is 16.9 Å². The van der Waals surface area contributed by atoms with Crippen molar-refractivity contribution in [3.8, 4) is 11.1 Å². The zero-order chi connectivity index (χ0) is 30.8. The third-order valence-electron chi connectivity index (χ3n) is 10.1. The maximum absolute atomic E-state index is 14.7. The van der Waals surface area contributed by atoms with Gasteiger partial charge in [-0.2, -0.15) is 0 Å². The lowest BCUT2D eigenvalue weighted by molar-refractivity contribution is 0.274. The van der Waals surface area contributed by atoms with Crippen molar-refractivity contribution in [1.29, 1.82) is 0 Å². The maximum atomic E-state index is 14.7. The van der Waals surface area contributed by atoms with Crippen LogP contribution in [0.3, 0.4) is 0 Å². The summed E-state index contributed by atoms with van der Waals surface area (Å²) in [7, 11) is 4.05. The van der Waals surface area contributed by atoms with E-state index in [0.29, 0.717) is 23.5 Å². The summed E-state index contributed by atoms with van der Waals surface area (Å²) in [6.45, 7) is 3.59. The number of nitrogens with one attached hydrogen (secondary N) is 5. The molecule has 4 atom stereocenters. The Morgan fingerprint density at radius 1 is 1.02 bits per heavy atom. The molecule has 7 rings (SSSR count). The zero-order valence-corrected chi connectivity index (χ0v) is 26.5. The number of hydrogen-bond donors (Lipinski definition) is 5. The van der Waals surface area contributed by atoms with Gasteiger partial charge in [0.15, 0.2) is 5.65 Å². The number of likely N-dealkylation sites (N-methyl/N-ethyl adjacent to an activating group) is 1. The minimum Gasteiger partial charge on any atom is -0.384 e. The van der Waals surface area contributed by atoms with Crippen LogP contribution in [-0.4, -0.2) is 64.6 Å². The van der Waals surface area contributed by atoms with E-state index in [1.807, 2.05) is 32.4 Å². The molecular weight excluding hydrogens is 565 g/mol. The van der Waals surface area contributed by atoms with Crippen molar-refractivity contribution in [2.24, 2.45) is 11.8 Å². The smallest absolute Gasteiger partial charge is 0.178 e. The van der Waals surface area contributed by atoms with Gasteiger partial charge in [0.1, 0.15) is 11.6 Å². The van der Waals surface area contributed by atoms with Gasteiger partial charge in [-0.25, -0.2) is 19.8 Å². The van der Waals surface area contributed by atoms with Crippen molar-refractivity contribution in [1.82, 2.24) is 41.0 Å². The van der Waals surface area contributed by atoms with E-state index in [9.17, 15) is 4.39 Å². The molecule has 2 aliphatic carbocycles. The van der Waals surface area contributed by atoms with Crippen molar-refractivity contribution in [2.75, 3.05) is 39.0 Å². The molecule has 0 bridgehead atoms. The summed E-state index contributed by atoms with van der Waals surface area (Å²) < 4.78 is 14.7. The van der Waals surface area contributed by atoms with E-state index in [2.05, 4.69) is 53.6 Å². The zero-order valence-electron chi connectivity index (χ0n) is 26.5. The van der Waals surface area contributed by atoms with E-state index in [1.54, 1.807) is 18.3 Å². The van der Waals surface area contributed by atoms with E-state index < -0.39 is 0 Å². The van der Waals surface area contributed by atoms with Gasteiger partial charge in [0, 0.05) is 55.5 Å². The Labute approximate surface area is 265 Å². The van der Waals surface area contributed by atoms with Gasteiger partial charge in [0.2, 0.25) is 0 Å². The lowest BCUT2D eigenvalue weighted by Crippen LogP contribution is -2.34. The van der Waals surface area contributed by atoms with Crippen molar-refractivity contribution in [2.45, 2.75) is 69.5 Å². The highest BCUT2D eigenvalue weighted by atomic mass is 19.1. The molecule has 4 aromatic rings. The highest BCUT2D eigenvalue weighted by Gasteiger charge is 2.42. The first-order chi connectivity index (χ1) is 22.0. The molecule has 4 heterocycles. The number of hydrazine groups is 1. The molecule has 45 heavy (non-hydrogen) atoms. The Morgan fingerprint density at radius 3 is 2.78 bits per heavy atom. The fraction of sp³-hybridized carbons (Fsp3) is 0.514. The number of rotatable bonds is 11. The fourth-order valence-electron chi connectivity index (χ4n) is 7.68.